The van der Waals surface area contributed by atoms with Crippen molar-refractivity contribution in [1.29, 1.82) is 0 Å². The normalized spacial score (nSPS) is 17.6. The molecular weight excluding hydrogens is 372 g/mol. The minimum atomic E-state index is 0.0118. The van der Waals surface area contributed by atoms with Gasteiger partial charge in [-0.2, -0.15) is 0 Å². The number of benzene rings is 2. The topological polar surface area (TPSA) is 38.3 Å². The van der Waals surface area contributed by atoms with Crippen LogP contribution in [0.25, 0.3) is 6.08 Å². The zero-order chi connectivity index (χ0) is 21.0. The molecule has 0 aromatic heterocycles. The van der Waals surface area contributed by atoms with Crippen LogP contribution >= 0.6 is 0 Å². The summed E-state index contributed by atoms with van der Waals surface area (Å²) in [4.78, 5) is 12.9. The Labute approximate surface area is 180 Å². The zero-order valence-corrected chi connectivity index (χ0v) is 18.2. The SMILES string of the molecule is C[N+](C)(Cc1ccc(NC(=O)C2=Cc3ccccc3CCC2)cc1)C1CCOCC1. The van der Waals surface area contributed by atoms with E-state index in [1.807, 2.05) is 18.2 Å². The second-order valence-corrected chi connectivity index (χ2v) is 9.15. The van der Waals surface area contributed by atoms with Gasteiger partial charge in [-0.3, -0.25) is 4.79 Å². The van der Waals surface area contributed by atoms with Gasteiger partial charge in [0, 0.05) is 29.7 Å². The van der Waals surface area contributed by atoms with Gasteiger partial charge in [0.1, 0.15) is 6.54 Å². The lowest BCUT2D eigenvalue weighted by Crippen LogP contribution is -2.50. The number of carbonyl (C=O) groups is 1. The minimum Gasteiger partial charge on any atom is -0.381 e. The van der Waals surface area contributed by atoms with Crippen LogP contribution in [0, 0.1) is 0 Å². The van der Waals surface area contributed by atoms with Crippen LogP contribution in [0.15, 0.2) is 54.1 Å². The van der Waals surface area contributed by atoms with Crippen molar-refractivity contribution in [3.05, 3.63) is 70.8 Å². The third kappa shape index (κ3) is 5.00. The van der Waals surface area contributed by atoms with Crippen molar-refractivity contribution in [1.82, 2.24) is 0 Å². The number of rotatable bonds is 5. The maximum atomic E-state index is 12.9. The Morgan fingerprint density at radius 3 is 2.53 bits per heavy atom. The molecule has 4 heteroatoms. The van der Waals surface area contributed by atoms with Gasteiger partial charge in [-0.05, 0) is 48.6 Å². The van der Waals surface area contributed by atoms with Gasteiger partial charge in [-0.15, -0.1) is 0 Å². The number of hydrogen-bond acceptors (Lipinski definition) is 2. The van der Waals surface area contributed by atoms with Crippen LogP contribution in [-0.4, -0.2) is 43.7 Å². The van der Waals surface area contributed by atoms with E-state index in [0.717, 1.165) is 67.6 Å². The van der Waals surface area contributed by atoms with E-state index in [-0.39, 0.29) is 5.91 Å². The van der Waals surface area contributed by atoms with Crippen molar-refractivity contribution in [3.8, 4) is 0 Å². The lowest BCUT2D eigenvalue weighted by Gasteiger charge is -2.40. The molecule has 0 bridgehead atoms. The number of nitrogens with one attached hydrogen (secondary N) is 1. The number of anilines is 1. The number of carbonyl (C=O) groups excluding carboxylic acids is 1. The third-order valence-corrected chi connectivity index (χ3v) is 6.55. The number of quaternary nitrogens is 1. The van der Waals surface area contributed by atoms with Crippen molar-refractivity contribution >= 4 is 17.7 Å². The van der Waals surface area contributed by atoms with Crippen molar-refractivity contribution in [3.63, 3.8) is 0 Å². The molecule has 2 aliphatic rings. The molecule has 1 N–H and O–H groups in total. The van der Waals surface area contributed by atoms with E-state index in [9.17, 15) is 4.79 Å². The third-order valence-electron chi connectivity index (χ3n) is 6.55. The van der Waals surface area contributed by atoms with Gasteiger partial charge in [0.15, 0.2) is 0 Å². The molecule has 30 heavy (non-hydrogen) atoms. The largest absolute Gasteiger partial charge is 0.381 e. The van der Waals surface area contributed by atoms with Gasteiger partial charge < -0.3 is 14.5 Å². The lowest BCUT2D eigenvalue weighted by atomic mass is 10.0. The Kier molecular flexibility index (Phi) is 6.35. The molecule has 1 amide bonds. The molecule has 0 unspecified atom stereocenters. The molecular formula is C26H33N2O2+. The van der Waals surface area contributed by atoms with Gasteiger partial charge in [0.2, 0.25) is 0 Å². The Hall–Kier alpha value is -2.43. The quantitative estimate of drug-likeness (QED) is 0.726. The van der Waals surface area contributed by atoms with Crippen molar-refractivity contribution in [2.45, 2.75) is 44.7 Å². The second-order valence-electron chi connectivity index (χ2n) is 9.15. The highest BCUT2D eigenvalue weighted by atomic mass is 16.5. The molecule has 1 saturated heterocycles. The molecule has 2 aromatic carbocycles. The van der Waals surface area contributed by atoms with Crippen LogP contribution in [0.3, 0.4) is 0 Å². The van der Waals surface area contributed by atoms with Crippen LogP contribution < -0.4 is 5.32 Å². The van der Waals surface area contributed by atoms with Gasteiger partial charge >= 0.3 is 0 Å². The van der Waals surface area contributed by atoms with Gasteiger partial charge in [0.25, 0.3) is 5.91 Å². The van der Waals surface area contributed by atoms with Crippen LogP contribution in [0.5, 0.6) is 0 Å². The first-order valence-corrected chi connectivity index (χ1v) is 11.1. The predicted octanol–water partition coefficient (Wildman–Crippen LogP) is 4.80. The van der Waals surface area contributed by atoms with E-state index in [0.29, 0.717) is 6.04 Å². The zero-order valence-electron chi connectivity index (χ0n) is 18.2. The Bertz CT molecular complexity index is 909. The number of aryl methyl sites for hydroxylation is 1. The molecule has 0 saturated carbocycles. The summed E-state index contributed by atoms with van der Waals surface area (Å²) in [6.07, 6.45) is 7.15. The predicted molar refractivity (Wildman–Crippen MR) is 122 cm³/mol. The fraction of sp³-hybridized carbons (Fsp3) is 0.423. The Balaban J connectivity index is 1.40. The average molecular weight is 406 g/mol. The monoisotopic (exact) mass is 405 g/mol. The Morgan fingerprint density at radius 2 is 1.77 bits per heavy atom. The van der Waals surface area contributed by atoms with Crippen LogP contribution in [0.4, 0.5) is 5.69 Å². The summed E-state index contributed by atoms with van der Waals surface area (Å²) >= 11 is 0. The maximum absolute atomic E-state index is 12.9. The smallest absolute Gasteiger partial charge is 0.251 e. The summed E-state index contributed by atoms with van der Waals surface area (Å²) in [5, 5.41) is 3.09. The summed E-state index contributed by atoms with van der Waals surface area (Å²) in [5.41, 5.74) is 5.52. The molecule has 1 aliphatic carbocycles. The highest BCUT2D eigenvalue weighted by Gasteiger charge is 2.30. The molecule has 4 nitrogen and oxygen atoms in total. The molecule has 0 spiro atoms. The summed E-state index contributed by atoms with van der Waals surface area (Å²) < 4.78 is 6.49. The van der Waals surface area contributed by atoms with Crippen LogP contribution in [-0.2, 0) is 22.5 Å². The number of ether oxygens (including phenoxy) is 1. The summed E-state index contributed by atoms with van der Waals surface area (Å²) in [7, 11) is 4.62. The summed E-state index contributed by atoms with van der Waals surface area (Å²) in [6.45, 7) is 2.73. The van der Waals surface area contributed by atoms with E-state index in [1.54, 1.807) is 0 Å². The standard InChI is InChI=1S/C26H32N2O2/c1-28(2,25-14-16-30-17-15-25)19-20-10-12-24(13-11-20)27-26(29)23-9-5-8-21-6-3-4-7-22(21)18-23/h3-4,6-7,10-13,18,25H,5,8-9,14-17,19H2,1-2H3/p+1. The second kappa shape index (κ2) is 9.15. The molecule has 2 aromatic rings. The number of nitrogens with zero attached hydrogens (tertiary/aromatic N) is 1. The number of fused-ring (bicyclic) bond motifs is 1. The molecule has 1 heterocycles. The lowest BCUT2D eigenvalue weighted by molar-refractivity contribution is -0.929. The van der Waals surface area contributed by atoms with E-state index in [2.05, 4.69) is 55.8 Å². The summed E-state index contributed by atoms with van der Waals surface area (Å²) in [6, 6.07) is 17.4. The van der Waals surface area contributed by atoms with Gasteiger partial charge in [0.05, 0.1) is 33.4 Å². The van der Waals surface area contributed by atoms with E-state index in [4.69, 9.17) is 4.74 Å². The average Bonchev–Trinajstić information content (AvgIpc) is 2.98. The maximum Gasteiger partial charge on any atom is 0.251 e. The molecule has 1 fully saturated rings. The summed E-state index contributed by atoms with van der Waals surface area (Å²) in [5.74, 6) is 0.0118. The minimum absolute atomic E-state index is 0.0118. The number of amides is 1. The Morgan fingerprint density at radius 1 is 1.03 bits per heavy atom. The van der Waals surface area contributed by atoms with Crippen molar-refractivity contribution in [2.24, 2.45) is 0 Å². The first kappa shape index (κ1) is 20.8. The van der Waals surface area contributed by atoms with Gasteiger partial charge in [-0.25, -0.2) is 0 Å². The van der Waals surface area contributed by atoms with E-state index >= 15 is 0 Å². The first-order valence-electron chi connectivity index (χ1n) is 11.1. The first-order chi connectivity index (χ1) is 14.5. The van der Waals surface area contributed by atoms with E-state index < -0.39 is 0 Å². The van der Waals surface area contributed by atoms with Crippen molar-refractivity contribution in [2.75, 3.05) is 32.6 Å². The molecule has 0 atom stereocenters. The molecule has 158 valence electrons. The van der Waals surface area contributed by atoms with Crippen LogP contribution in [0.1, 0.15) is 42.4 Å². The van der Waals surface area contributed by atoms with Gasteiger partial charge in [-0.1, -0.05) is 36.4 Å². The fourth-order valence-electron chi connectivity index (χ4n) is 4.70. The highest BCUT2D eigenvalue weighted by molar-refractivity contribution is 6.06. The fourth-order valence-corrected chi connectivity index (χ4v) is 4.70. The van der Waals surface area contributed by atoms with Crippen molar-refractivity contribution < 1.29 is 14.0 Å². The molecule has 1 aliphatic heterocycles. The van der Waals surface area contributed by atoms with E-state index in [1.165, 1.54) is 16.7 Å². The highest BCUT2D eigenvalue weighted by Crippen LogP contribution is 2.25. The van der Waals surface area contributed by atoms with Crippen LogP contribution in [0.2, 0.25) is 0 Å². The molecule has 4 rings (SSSR count). The number of hydrogen-bond donors (Lipinski definition) is 1. The molecule has 0 radical (unpaired) electrons.